The molecule has 0 aliphatic carbocycles. The van der Waals surface area contributed by atoms with Gasteiger partial charge in [0.1, 0.15) is 11.2 Å². The molecule has 0 atom stereocenters. The molecule has 0 fully saturated rings. The largest absolute Gasteiger partial charge is 0.455 e. The van der Waals surface area contributed by atoms with E-state index in [-0.39, 0.29) is 0 Å². The lowest BCUT2D eigenvalue weighted by molar-refractivity contribution is 0.670. The molecule has 8 aromatic rings. The maximum Gasteiger partial charge on any atom is 0.160 e. The number of rotatable bonds is 6. The lowest BCUT2D eigenvalue weighted by atomic mass is 9.93. The van der Waals surface area contributed by atoms with E-state index in [0.29, 0.717) is 5.82 Å². The van der Waals surface area contributed by atoms with E-state index in [4.69, 9.17) is 14.4 Å². The van der Waals surface area contributed by atoms with Crippen LogP contribution in [0.4, 0.5) is 0 Å². The normalized spacial score (nSPS) is 11.7. The lowest BCUT2D eigenvalue weighted by Crippen LogP contribution is -2.37. The average molecular weight is 623 g/mol. The molecule has 47 heavy (non-hydrogen) atoms. The highest BCUT2D eigenvalue weighted by Gasteiger charge is 2.18. The molecule has 4 heteroatoms. The Morgan fingerprint density at radius 1 is 0.447 bits per heavy atom. The fourth-order valence-electron chi connectivity index (χ4n) is 6.30. The Morgan fingerprint density at radius 3 is 1.77 bits per heavy atom. The highest BCUT2D eigenvalue weighted by Crippen LogP contribution is 2.39. The van der Waals surface area contributed by atoms with Gasteiger partial charge in [-0.05, 0) is 47.0 Å². The number of nitrogens with zero attached hydrogens (tertiary/aromatic N) is 2. The molecular formula is C43H34N2OSi. The van der Waals surface area contributed by atoms with Gasteiger partial charge in [0.05, 0.1) is 19.5 Å². The molecule has 2 aromatic heterocycles. The zero-order chi connectivity index (χ0) is 32.0. The van der Waals surface area contributed by atoms with Crippen molar-refractivity contribution in [1.29, 1.82) is 0 Å². The van der Waals surface area contributed by atoms with Gasteiger partial charge in [-0.2, -0.15) is 0 Å². The van der Waals surface area contributed by atoms with E-state index in [1.165, 1.54) is 10.8 Å². The van der Waals surface area contributed by atoms with Crippen LogP contribution < -0.4 is 5.19 Å². The number of hydrogen-bond donors (Lipinski definition) is 0. The highest BCUT2D eigenvalue weighted by molar-refractivity contribution is 6.88. The predicted octanol–water partition coefficient (Wildman–Crippen LogP) is 11.3. The summed E-state index contributed by atoms with van der Waals surface area (Å²) in [7, 11) is -1.44. The van der Waals surface area contributed by atoms with E-state index < -0.39 is 8.07 Å². The van der Waals surface area contributed by atoms with Gasteiger partial charge in [0.15, 0.2) is 5.82 Å². The van der Waals surface area contributed by atoms with Crippen LogP contribution >= 0.6 is 0 Å². The fraction of sp³-hybridized carbons (Fsp3) is 0.0698. The first kappa shape index (κ1) is 28.9. The maximum absolute atomic E-state index is 6.52. The minimum Gasteiger partial charge on any atom is -0.455 e. The van der Waals surface area contributed by atoms with Crippen molar-refractivity contribution >= 4 is 35.2 Å². The van der Waals surface area contributed by atoms with Crippen LogP contribution in [0.15, 0.2) is 156 Å². The standard InChI is InChI=1S/C43H34N2OSi/c1-47(2,3)35-23-21-29(22-24-35)32-25-33(36-18-12-19-38-37-17-10-11-20-41(37)46-42(36)38)27-34(26-32)40-28-39(30-13-6-4-7-14-30)44-43(45-40)31-15-8-5-9-16-31/h4-28H,1-3H3. The monoisotopic (exact) mass is 622 g/mol. The minimum absolute atomic E-state index is 0.702. The third kappa shape index (κ3) is 5.58. The van der Waals surface area contributed by atoms with E-state index in [0.717, 1.165) is 66.7 Å². The number of para-hydroxylation sites is 2. The van der Waals surface area contributed by atoms with Crippen molar-refractivity contribution in [1.82, 2.24) is 9.97 Å². The molecule has 0 aliphatic rings. The summed E-state index contributed by atoms with van der Waals surface area (Å²) in [6.45, 7) is 7.16. The number of furan rings is 1. The highest BCUT2D eigenvalue weighted by atomic mass is 28.3. The molecule has 0 saturated heterocycles. The van der Waals surface area contributed by atoms with Crippen molar-refractivity contribution in [3.63, 3.8) is 0 Å². The van der Waals surface area contributed by atoms with Crippen molar-refractivity contribution in [3.05, 3.63) is 152 Å². The summed E-state index contributed by atoms with van der Waals surface area (Å²) in [6, 6.07) is 53.3. The molecule has 3 nitrogen and oxygen atoms in total. The first-order chi connectivity index (χ1) is 22.9. The predicted molar refractivity (Wildman–Crippen MR) is 199 cm³/mol. The zero-order valence-electron chi connectivity index (χ0n) is 26.7. The van der Waals surface area contributed by atoms with Crippen LogP contribution in [0.1, 0.15) is 0 Å². The van der Waals surface area contributed by atoms with Gasteiger partial charge in [0.2, 0.25) is 0 Å². The van der Waals surface area contributed by atoms with Crippen molar-refractivity contribution in [3.8, 4) is 56.2 Å². The quantitative estimate of drug-likeness (QED) is 0.173. The zero-order valence-corrected chi connectivity index (χ0v) is 27.7. The third-order valence-corrected chi connectivity index (χ3v) is 10.9. The first-order valence-electron chi connectivity index (χ1n) is 16.1. The van der Waals surface area contributed by atoms with Crippen LogP contribution in [0.3, 0.4) is 0 Å². The summed E-state index contributed by atoms with van der Waals surface area (Å²) in [5, 5.41) is 3.68. The summed E-state index contributed by atoms with van der Waals surface area (Å²) in [6.07, 6.45) is 0. The lowest BCUT2D eigenvalue weighted by Gasteiger charge is -2.17. The second kappa shape index (κ2) is 11.7. The molecule has 6 aromatic carbocycles. The molecule has 0 unspecified atom stereocenters. The summed E-state index contributed by atoms with van der Waals surface area (Å²) in [4.78, 5) is 10.2. The van der Waals surface area contributed by atoms with Gasteiger partial charge in [-0.25, -0.2) is 9.97 Å². The van der Waals surface area contributed by atoms with Crippen molar-refractivity contribution in [2.24, 2.45) is 0 Å². The third-order valence-electron chi connectivity index (χ3n) is 8.86. The number of hydrogen-bond acceptors (Lipinski definition) is 3. The molecule has 0 aliphatic heterocycles. The van der Waals surface area contributed by atoms with E-state index in [9.17, 15) is 0 Å². The van der Waals surface area contributed by atoms with Gasteiger partial charge in [-0.1, -0.05) is 146 Å². The Hall–Kier alpha value is -5.58. The van der Waals surface area contributed by atoms with Gasteiger partial charge in [-0.3, -0.25) is 0 Å². The Kier molecular flexibility index (Phi) is 7.15. The molecule has 2 heterocycles. The molecule has 0 saturated carbocycles. The van der Waals surface area contributed by atoms with Gasteiger partial charge >= 0.3 is 0 Å². The van der Waals surface area contributed by atoms with Crippen LogP contribution in [0, 0.1) is 0 Å². The number of benzene rings is 6. The molecule has 0 amide bonds. The van der Waals surface area contributed by atoms with Crippen LogP contribution in [0.5, 0.6) is 0 Å². The summed E-state index contributed by atoms with van der Waals surface area (Å²) in [5.41, 5.74) is 11.1. The minimum atomic E-state index is -1.44. The average Bonchev–Trinajstić information content (AvgIpc) is 3.51. The molecule has 0 N–H and O–H groups in total. The smallest absolute Gasteiger partial charge is 0.160 e. The van der Waals surface area contributed by atoms with Crippen LogP contribution in [-0.4, -0.2) is 18.0 Å². The summed E-state index contributed by atoms with van der Waals surface area (Å²) < 4.78 is 6.52. The second-order valence-electron chi connectivity index (χ2n) is 13.1. The Bertz CT molecular complexity index is 2310. The van der Waals surface area contributed by atoms with Crippen molar-refractivity contribution < 1.29 is 4.42 Å². The molecule has 0 radical (unpaired) electrons. The summed E-state index contributed by atoms with van der Waals surface area (Å²) >= 11 is 0. The number of fused-ring (bicyclic) bond motifs is 3. The molecule has 226 valence electrons. The van der Waals surface area contributed by atoms with Crippen LogP contribution in [0.2, 0.25) is 19.6 Å². The Morgan fingerprint density at radius 2 is 1.04 bits per heavy atom. The molecule has 8 rings (SSSR count). The maximum atomic E-state index is 6.52. The molecule has 0 spiro atoms. The SMILES string of the molecule is C[Si](C)(C)c1ccc(-c2cc(-c3cc(-c4ccccc4)nc(-c4ccccc4)n3)cc(-c3cccc4c3oc3ccccc34)c2)cc1. The van der Waals surface area contributed by atoms with E-state index in [1.807, 2.05) is 36.4 Å². The fourth-order valence-corrected chi connectivity index (χ4v) is 7.47. The first-order valence-corrected chi connectivity index (χ1v) is 19.6. The van der Waals surface area contributed by atoms with Gasteiger partial charge < -0.3 is 4.42 Å². The van der Waals surface area contributed by atoms with Gasteiger partial charge in [-0.15, -0.1) is 0 Å². The van der Waals surface area contributed by atoms with E-state index in [2.05, 4.69) is 135 Å². The number of aromatic nitrogens is 2. The van der Waals surface area contributed by atoms with E-state index >= 15 is 0 Å². The van der Waals surface area contributed by atoms with Gasteiger partial charge in [0.25, 0.3) is 0 Å². The van der Waals surface area contributed by atoms with Crippen LogP contribution in [0.25, 0.3) is 78.1 Å². The Balaban J connectivity index is 1.37. The van der Waals surface area contributed by atoms with Crippen molar-refractivity contribution in [2.75, 3.05) is 0 Å². The summed E-state index contributed by atoms with van der Waals surface area (Å²) in [5.74, 6) is 0.702. The van der Waals surface area contributed by atoms with E-state index in [1.54, 1.807) is 0 Å². The van der Waals surface area contributed by atoms with Gasteiger partial charge in [0, 0.05) is 33.0 Å². The molecule has 0 bridgehead atoms. The Labute approximate surface area is 276 Å². The van der Waals surface area contributed by atoms with Crippen molar-refractivity contribution in [2.45, 2.75) is 19.6 Å². The van der Waals surface area contributed by atoms with Crippen LogP contribution in [-0.2, 0) is 0 Å². The molecular weight excluding hydrogens is 589 g/mol. The topological polar surface area (TPSA) is 38.9 Å². The second-order valence-corrected chi connectivity index (χ2v) is 18.2.